The first kappa shape index (κ1) is 13.7. The van der Waals surface area contributed by atoms with E-state index in [-0.39, 0.29) is 12.5 Å². The zero-order valence-electron chi connectivity index (χ0n) is 11.8. The number of carbonyl (C=O) groups is 1. The van der Waals surface area contributed by atoms with E-state index in [1.54, 1.807) is 0 Å². The largest absolute Gasteiger partial charge is 0.338 e. The van der Waals surface area contributed by atoms with Gasteiger partial charge in [0.15, 0.2) is 0 Å². The van der Waals surface area contributed by atoms with Crippen LogP contribution in [0.1, 0.15) is 0 Å². The van der Waals surface area contributed by atoms with Crippen molar-refractivity contribution in [2.45, 2.75) is 0 Å². The van der Waals surface area contributed by atoms with Crippen LogP contribution < -0.4 is 5.32 Å². The number of rotatable bonds is 3. The van der Waals surface area contributed by atoms with Crippen molar-refractivity contribution in [2.75, 3.05) is 32.7 Å². The number of carbonyl (C=O) groups excluding carboxylic acids is 1. The van der Waals surface area contributed by atoms with E-state index in [1.165, 1.54) is 5.39 Å². The molecule has 5 heteroatoms. The van der Waals surface area contributed by atoms with E-state index >= 15 is 0 Å². The summed E-state index contributed by atoms with van der Waals surface area (Å²) in [6, 6.07) is 14.0. The van der Waals surface area contributed by atoms with Crippen LogP contribution in [0, 0.1) is 0 Å². The summed E-state index contributed by atoms with van der Waals surface area (Å²) in [6.45, 7) is 3.34. The molecular formula is C16H18N4O. The molecule has 0 bridgehead atoms. The first-order chi connectivity index (χ1) is 10.3. The maximum atomic E-state index is 11.9. The Balaban J connectivity index is 1.63. The summed E-state index contributed by atoms with van der Waals surface area (Å²) in [6.07, 6.45) is 0. The maximum absolute atomic E-state index is 11.9. The van der Waals surface area contributed by atoms with E-state index in [1.807, 2.05) is 41.3 Å². The molecule has 108 valence electrons. The van der Waals surface area contributed by atoms with Crippen LogP contribution in [-0.2, 0) is 4.79 Å². The van der Waals surface area contributed by atoms with Gasteiger partial charge in [0.2, 0.25) is 5.91 Å². The molecule has 0 radical (unpaired) electrons. The van der Waals surface area contributed by atoms with Crippen LogP contribution in [0.15, 0.2) is 52.7 Å². The Morgan fingerprint density at radius 2 is 1.86 bits per heavy atom. The van der Waals surface area contributed by atoms with E-state index < -0.39 is 0 Å². The van der Waals surface area contributed by atoms with Crippen LogP contribution in [0.5, 0.6) is 0 Å². The van der Waals surface area contributed by atoms with Crippen molar-refractivity contribution in [2.24, 2.45) is 10.2 Å². The molecule has 21 heavy (non-hydrogen) atoms. The standard InChI is InChI=1S/C16H18N4O/c21-16(20-9-7-17-8-10-20)12-18-19-15-6-5-13-3-1-2-4-14(13)11-15/h1-6,11,17H,7-10,12H2. The fourth-order valence-corrected chi connectivity index (χ4v) is 2.43. The summed E-state index contributed by atoms with van der Waals surface area (Å²) in [5.74, 6) is 0.0426. The van der Waals surface area contributed by atoms with Crippen molar-refractivity contribution in [3.05, 3.63) is 42.5 Å². The lowest BCUT2D eigenvalue weighted by Gasteiger charge is -2.26. The van der Waals surface area contributed by atoms with E-state index in [4.69, 9.17) is 0 Å². The second kappa shape index (κ2) is 6.45. The highest BCUT2D eigenvalue weighted by Gasteiger charge is 2.15. The fraction of sp³-hybridized carbons (Fsp3) is 0.312. The molecule has 5 nitrogen and oxygen atoms in total. The van der Waals surface area contributed by atoms with E-state index in [2.05, 4.69) is 21.6 Å². The van der Waals surface area contributed by atoms with Gasteiger partial charge in [0, 0.05) is 26.2 Å². The minimum atomic E-state index is 0.0426. The molecule has 0 spiro atoms. The number of azo groups is 1. The van der Waals surface area contributed by atoms with Crippen LogP contribution in [0.3, 0.4) is 0 Å². The molecule has 3 rings (SSSR count). The molecule has 2 aromatic carbocycles. The highest BCUT2D eigenvalue weighted by atomic mass is 16.2. The Hall–Kier alpha value is -2.27. The van der Waals surface area contributed by atoms with Crippen molar-refractivity contribution in [1.29, 1.82) is 0 Å². The van der Waals surface area contributed by atoms with Gasteiger partial charge >= 0.3 is 0 Å². The summed E-state index contributed by atoms with van der Waals surface area (Å²) >= 11 is 0. The van der Waals surface area contributed by atoms with Gasteiger partial charge in [0.1, 0.15) is 6.54 Å². The van der Waals surface area contributed by atoms with Crippen molar-refractivity contribution >= 4 is 22.4 Å². The molecule has 1 fully saturated rings. The van der Waals surface area contributed by atoms with E-state index in [9.17, 15) is 4.79 Å². The maximum Gasteiger partial charge on any atom is 0.246 e. The van der Waals surface area contributed by atoms with Crippen molar-refractivity contribution in [1.82, 2.24) is 10.2 Å². The highest BCUT2D eigenvalue weighted by molar-refractivity contribution is 5.85. The summed E-state index contributed by atoms with van der Waals surface area (Å²) in [7, 11) is 0. The molecule has 1 aliphatic rings. The number of hydrogen-bond acceptors (Lipinski definition) is 4. The normalized spacial score (nSPS) is 15.7. The lowest BCUT2D eigenvalue weighted by atomic mass is 10.1. The van der Waals surface area contributed by atoms with Crippen LogP contribution in [0.4, 0.5) is 5.69 Å². The van der Waals surface area contributed by atoms with Gasteiger partial charge in [-0.05, 0) is 22.9 Å². The molecule has 0 aliphatic carbocycles. The number of nitrogens with zero attached hydrogens (tertiary/aromatic N) is 3. The first-order valence-electron chi connectivity index (χ1n) is 7.18. The molecule has 0 unspecified atom stereocenters. The Bertz CT molecular complexity index is 662. The van der Waals surface area contributed by atoms with Crippen LogP contribution in [0.25, 0.3) is 10.8 Å². The Morgan fingerprint density at radius 1 is 1.10 bits per heavy atom. The third kappa shape index (κ3) is 3.44. The van der Waals surface area contributed by atoms with Crippen molar-refractivity contribution in [3.63, 3.8) is 0 Å². The third-order valence-corrected chi connectivity index (χ3v) is 3.59. The first-order valence-corrected chi connectivity index (χ1v) is 7.18. The van der Waals surface area contributed by atoms with Crippen LogP contribution >= 0.6 is 0 Å². The lowest BCUT2D eigenvalue weighted by Crippen LogP contribution is -2.47. The Kier molecular flexibility index (Phi) is 4.21. The van der Waals surface area contributed by atoms with Gasteiger partial charge in [-0.3, -0.25) is 4.79 Å². The van der Waals surface area contributed by atoms with Crippen molar-refractivity contribution < 1.29 is 4.79 Å². The quantitative estimate of drug-likeness (QED) is 0.879. The summed E-state index contributed by atoms with van der Waals surface area (Å²) in [5.41, 5.74) is 0.779. The topological polar surface area (TPSA) is 57.1 Å². The molecule has 2 aromatic rings. The lowest BCUT2D eigenvalue weighted by molar-refractivity contribution is -0.130. The van der Waals surface area contributed by atoms with Gasteiger partial charge in [-0.25, -0.2) is 0 Å². The van der Waals surface area contributed by atoms with Gasteiger partial charge in [0.25, 0.3) is 0 Å². The number of amides is 1. The Labute approximate surface area is 123 Å². The molecule has 1 N–H and O–H groups in total. The molecule has 1 aliphatic heterocycles. The average molecular weight is 282 g/mol. The minimum absolute atomic E-state index is 0.0426. The van der Waals surface area contributed by atoms with Crippen molar-refractivity contribution in [3.8, 4) is 0 Å². The monoisotopic (exact) mass is 282 g/mol. The minimum Gasteiger partial charge on any atom is -0.338 e. The molecule has 0 atom stereocenters. The molecule has 1 amide bonds. The summed E-state index contributed by atoms with van der Waals surface area (Å²) in [5, 5.41) is 13.7. The molecule has 1 saturated heterocycles. The Morgan fingerprint density at radius 3 is 2.67 bits per heavy atom. The van der Waals surface area contributed by atoms with Gasteiger partial charge in [0.05, 0.1) is 5.69 Å². The van der Waals surface area contributed by atoms with Crippen LogP contribution in [0.2, 0.25) is 0 Å². The second-order valence-corrected chi connectivity index (χ2v) is 5.06. The number of benzene rings is 2. The smallest absolute Gasteiger partial charge is 0.246 e. The zero-order valence-corrected chi connectivity index (χ0v) is 11.8. The fourth-order valence-electron chi connectivity index (χ4n) is 2.43. The molecule has 1 heterocycles. The van der Waals surface area contributed by atoms with Gasteiger partial charge < -0.3 is 10.2 Å². The zero-order chi connectivity index (χ0) is 14.5. The number of nitrogens with one attached hydrogen (secondary N) is 1. The highest BCUT2D eigenvalue weighted by Crippen LogP contribution is 2.21. The number of fused-ring (bicyclic) bond motifs is 1. The number of hydrogen-bond donors (Lipinski definition) is 1. The molecule has 0 aromatic heterocycles. The third-order valence-electron chi connectivity index (χ3n) is 3.59. The van der Waals surface area contributed by atoms with Gasteiger partial charge in [-0.15, -0.1) is 0 Å². The van der Waals surface area contributed by atoms with E-state index in [0.717, 1.165) is 37.3 Å². The summed E-state index contributed by atoms with van der Waals surface area (Å²) in [4.78, 5) is 13.8. The predicted molar refractivity (Wildman–Crippen MR) is 82.8 cm³/mol. The average Bonchev–Trinajstić information content (AvgIpc) is 2.55. The number of piperazine rings is 1. The summed E-state index contributed by atoms with van der Waals surface area (Å²) < 4.78 is 0. The predicted octanol–water partition coefficient (Wildman–Crippen LogP) is 2.36. The SMILES string of the molecule is O=C(CN=Nc1ccc2ccccc2c1)N1CCNCC1. The van der Waals surface area contributed by atoms with Gasteiger partial charge in [-0.2, -0.15) is 10.2 Å². The van der Waals surface area contributed by atoms with E-state index in [0.29, 0.717) is 0 Å². The molecular weight excluding hydrogens is 264 g/mol. The van der Waals surface area contributed by atoms with Gasteiger partial charge in [-0.1, -0.05) is 30.3 Å². The van der Waals surface area contributed by atoms with Crippen LogP contribution in [-0.4, -0.2) is 43.5 Å². The second-order valence-electron chi connectivity index (χ2n) is 5.06. The molecule has 0 saturated carbocycles.